The minimum atomic E-state index is -1.02. The van der Waals surface area contributed by atoms with Gasteiger partial charge >= 0.3 is 5.97 Å². The fraction of sp³-hybridized carbons (Fsp3) is 0.542. The van der Waals surface area contributed by atoms with Crippen LogP contribution >= 0.6 is 11.5 Å². The van der Waals surface area contributed by atoms with Crippen molar-refractivity contribution >= 4 is 52.0 Å². The number of amides is 4. The molecule has 350 valence electrons. The average molecular weight is 912 g/mol. The van der Waals surface area contributed by atoms with Crippen molar-refractivity contribution in [1.29, 1.82) is 0 Å². The van der Waals surface area contributed by atoms with Gasteiger partial charge in [-0.3, -0.25) is 34.0 Å². The number of hydrogen-bond acceptors (Lipinski definition) is 12. The summed E-state index contributed by atoms with van der Waals surface area (Å²) in [4.78, 5) is 79.3. The summed E-state index contributed by atoms with van der Waals surface area (Å²) in [6.45, 7) is 19.7. The quantitative estimate of drug-likeness (QED) is 0.0917. The number of aromatic nitrogens is 4. The third-order valence-corrected chi connectivity index (χ3v) is 13.2. The Balaban J connectivity index is 1.33. The molecule has 2 fully saturated rings. The summed E-state index contributed by atoms with van der Waals surface area (Å²) in [5.74, 6) is -1.90. The fourth-order valence-corrected chi connectivity index (χ4v) is 9.74. The van der Waals surface area contributed by atoms with Crippen LogP contribution in [0.5, 0.6) is 0 Å². The third-order valence-electron chi connectivity index (χ3n) is 12.4. The van der Waals surface area contributed by atoms with Gasteiger partial charge in [-0.15, -0.1) is 0 Å². The minimum absolute atomic E-state index is 0.0264. The zero-order chi connectivity index (χ0) is 47.2. The van der Waals surface area contributed by atoms with Crippen molar-refractivity contribution in [3.8, 4) is 21.8 Å². The van der Waals surface area contributed by atoms with E-state index in [0.717, 1.165) is 51.8 Å². The van der Waals surface area contributed by atoms with E-state index in [1.54, 1.807) is 30.3 Å². The normalized spacial score (nSPS) is 16.9. The monoisotopic (exact) mass is 911 g/mol. The molecule has 4 atom stereocenters. The molecule has 6 rings (SSSR count). The Bertz CT molecular complexity index is 2390. The van der Waals surface area contributed by atoms with Gasteiger partial charge in [-0.05, 0) is 99.0 Å². The van der Waals surface area contributed by atoms with E-state index in [0.29, 0.717) is 49.9 Å². The molecule has 17 heteroatoms. The minimum Gasteiger partial charge on any atom is -0.465 e. The number of hydrogen-bond donors (Lipinski definition) is 2. The van der Waals surface area contributed by atoms with Crippen LogP contribution in [0, 0.1) is 17.3 Å². The highest BCUT2D eigenvalue weighted by atomic mass is 32.1. The van der Waals surface area contributed by atoms with Gasteiger partial charge < -0.3 is 29.2 Å². The molecule has 0 bridgehead atoms. The molecule has 16 nitrogen and oxygen atoms in total. The second-order valence-electron chi connectivity index (χ2n) is 18.2. The maximum absolute atomic E-state index is 14.3. The SMILES string of the molecule is C=CC(=O)N1CC[C@H](C(=O)N(C)[C@H](C(=O)N[C@@H](Cc2nsc(-c3ccc4c(c3)c(CC(C)(C)COC(C)=O)c(-c3cccnc3[C@H](C)OC)n4CC)n2)C(=O)N2CCCCN2)C(C)C)C1. The lowest BCUT2D eigenvalue weighted by molar-refractivity contribution is -0.146. The van der Waals surface area contributed by atoms with E-state index in [4.69, 9.17) is 23.8 Å². The highest BCUT2D eigenvalue weighted by Gasteiger charge is 2.39. The number of likely N-dealkylation sites (N-methyl/N-ethyl adjacent to an activating group) is 1. The maximum Gasteiger partial charge on any atom is 0.302 e. The fourth-order valence-electron chi connectivity index (χ4n) is 9.05. The molecule has 2 aliphatic rings. The number of benzene rings is 1. The first-order valence-electron chi connectivity index (χ1n) is 22.6. The van der Waals surface area contributed by atoms with Crippen LogP contribution in [0.4, 0.5) is 0 Å². The number of carbonyl (C=O) groups excluding carboxylic acids is 5. The standard InChI is InChI=1S/C48H65N9O7S/c1-11-40(59)55-23-19-33(27-55)46(61)54(9)42(29(3)4)44(60)51-37(47(62)57-22-14-13-21-50-57)25-39-52-45(65-53-39)32-17-18-38-35(24-32)36(26-48(7,8)28-64-31(6)58)43(56(38)12-2)34-16-15-20-49-41(34)30(5)63-10/h11,15-18,20,24,29-30,33,37,42,50H,1,12-14,19,21-23,25-28H2,2-10H3,(H,51,60)/t30-,33-,37-,42-/m0/s1. The zero-order valence-corrected chi connectivity index (χ0v) is 40.1. The van der Waals surface area contributed by atoms with Gasteiger partial charge in [0.15, 0.2) is 0 Å². The van der Waals surface area contributed by atoms with Gasteiger partial charge in [0.2, 0.25) is 17.7 Å². The molecule has 2 saturated heterocycles. The van der Waals surface area contributed by atoms with Gasteiger partial charge in [-0.1, -0.05) is 34.3 Å². The average Bonchev–Trinajstić information content (AvgIpc) is 4.05. The van der Waals surface area contributed by atoms with E-state index in [-0.39, 0.29) is 55.3 Å². The lowest BCUT2D eigenvalue weighted by Crippen LogP contribution is -2.59. The number of fused-ring (bicyclic) bond motifs is 1. The zero-order valence-electron chi connectivity index (χ0n) is 39.3. The smallest absolute Gasteiger partial charge is 0.302 e. The van der Waals surface area contributed by atoms with Gasteiger partial charge in [-0.2, -0.15) is 4.37 Å². The van der Waals surface area contributed by atoms with Crippen molar-refractivity contribution in [2.24, 2.45) is 17.3 Å². The maximum atomic E-state index is 14.3. The van der Waals surface area contributed by atoms with Crippen LogP contribution < -0.4 is 10.7 Å². The molecule has 4 amide bonds. The predicted octanol–water partition coefficient (Wildman–Crippen LogP) is 5.75. The Morgan fingerprint density at radius 3 is 2.55 bits per heavy atom. The van der Waals surface area contributed by atoms with Crippen LogP contribution in [0.3, 0.4) is 0 Å². The summed E-state index contributed by atoms with van der Waals surface area (Å²) in [5, 5.41) is 6.22. The first-order chi connectivity index (χ1) is 31.0. The third kappa shape index (κ3) is 11.1. The number of aryl methyl sites for hydroxylation is 1. The topological polar surface area (TPSA) is 181 Å². The molecule has 0 radical (unpaired) electrons. The summed E-state index contributed by atoms with van der Waals surface area (Å²) < 4.78 is 18.4. The Morgan fingerprint density at radius 1 is 1.12 bits per heavy atom. The number of carbonyl (C=O) groups is 5. The Kier molecular flexibility index (Phi) is 16.0. The van der Waals surface area contributed by atoms with Crippen molar-refractivity contribution in [3.05, 3.63) is 66.3 Å². The van der Waals surface area contributed by atoms with Crippen molar-refractivity contribution < 1.29 is 33.4 Å². The highest BCUT2D eigenvalue weighted by molar-refractivity contribution is 7.09. The van der Waals surface area contributed by atoms with E-state index in [2.05, 4.69) is 60.9 Å². The van der Waals surface area contributed by atoms with Gasteiger partial charge in [0, 0.05) is 93.9 Å². The van der Waals surface area contributed by atoms with Crippen LogP contribution in [0.1, 0.15) is 90.9 Å². The summed E-state index contributed by atoms with van der Waals surface area (Å²) in [6.07, 6.45) is 5.59. The van der Waals surface area contributed by atoms with Crippen LogP contribution in [-0.2, 0) is 52.8 Å². The summed E-state index contributed by atoms with van der Waals surface area (Å²) in [5.41, 5.74) is 8.47. The van der Waals surface area contributed by atoms with Crippen LogP contribution in [0.15, 0.2) is 49.2 Å². The van der Waals surface area contributed by atoms with E-state index in [1.807, 2.05) is 32.9 Å². The van der Waals surface area contributed by atoms with Crippen LogP contribution in [0.2, 0.25) is 0 Å². The number of esters is 1. The highest BCUT2D eigenvalue weighted by Crippen LogP contribution is 2.42. The summed E-state index contributed by atoms with van der Waals surface area (Å²) in [7, 11) is 3.28. The van der Waals surface area contributed by atoms with Crippen molar-refractivity contribution in [1.82, 2.24) is 44.5 Å². The predicted molar refractivity (Wildman–Crippen MR) is 250 cm³/mol. The molecule has 2 N–H and O–H groups in total. The second kappa shape index (κ2) is 21.2. The van der Waals surface area contributed by atoms with E-state index < -0.39 is 29.3 Å². The number of methoxy groups -OCH3 is 1. The van der Waals surface area contributed by atoms with Gasteiger partial charge in [0.1, 0.15) is 22.9 Å². The number of ether oxygens (including phenoxy) is 2. The van der Waals surface area contributed by atoms with E-state index in [9.17, 15) is 24.0 Å². The molecule has 4 aromatic rings. The molecule has 0 unspecified atom stereocenters. The summed E-state index contributed by atoms with van der Waals surface area (Å²) >= 11 is 1.22. The first kappa shape index (κ1) is 48.9. The lowest BCUT2D eigenvalue weighted by Gasteiger charge is -2.34. The molecule has 0 spiro atoms. The van der Waals surface area contributed by atoms with Gasteiger partial charge in [0.25, 0.3) is 5.91 Å². The molecule has 0 aliphatic carbocycles. The van der Waals surface area contributed by atoms with Crippen molar-refractivity contribution in [2.75, 3.05) is 46.9 Å². The van der Waals surface area contributed by atoms with Crippen molar-refractivity contribution in [3.63, 3.8) is 0 Å². The molecule has 65 heavy (non-hydrogen) atoms. The number of pyridine rings is 1. The molecule has 3 aromatic heterocycles. The Labute approximate surface area is 386 Å². The first-order valence-corrected chi connectivity index (χ1v) is 23.4. The number of hydrazine groups is 1. The number of rotatable bonds is 18. The number of likely N-dealkylation sites (tertiary alicyclic amines) is 1. The Hall–Kier alpha value is -5.52. The molecule has 1 aromatic carbocycles. The van der Waals surface area contributed by atoms with E-state index in [1.165, 1.54) is 29.4 Å². The van der Waals surface area contributed by atoms with Crippen LogP contribution in [0.25, 0.3) is 32.7 Å². The lowest BCUT2D eigenvalue weighted by atomic mass is 9.84. The second-order valence-corrected chi connectivity index (χ2v) is 19.0. The molecule has 2 aliphatic heterocycles. The molecule has 5 heterocycles. The number of nitrogens with zero attached hydrogens (tertiary/aromatic N) is 7. The molecule has 0 saturated carbocycles. The molecular weight excluding hydrogens is 847 g/mol. The van der Waals surface area contributed by atoms with Gasteiger partial charge in [0.05, 0.1) is 30.0 Å². The van der Waals surface area contributed by atoms with Gasteiger partial charge in [-0.25, -0.2) is 10.4 Å². The largest absolute Gasteiger partial charge is 0.465 e. The summed E-state index contributed by atoms with van der Waals surface area (Å²) in [6, 6.07) is 8.35. The molecular formula is C48H65N9O7S. The number of nitrogens with one attached hydrogen (secondary N) is 2. The van der Waals surface area contributed by atoms with E-state index >= 15 is 0 Å². The van der Waals surface area contributed by atoms with Crippen molar-refractivity contribution in [2.45, 2.75) is 105 Å². The van der Waals surface area contributed by atoms with Crippen LogP contribution in [-0.4, -0.2) is 122 Å². The Morgan fingerprint density at radius 2 is 1.89 bits per heavy atom.